The molecule has 0 saturated carbocycles. The van der Waals surface area contributed by atoms with Gasteiger partial charge in [-0.3, -0.25) is 4.57 Å². The smallest absolute Gasteiger partial charge is 0.137 e. The van der Waals surface area contributed by atoms with E-state index >= 15 is 0 Å². The number of rotatable bonds is 6. The lowest BCUT2D eigenvalue weighted by Crippen LogP contribution is -2.53. The van der Waals surface area contributed by atoms with Crippen LogP contribution in [0.2, 0.25) is 13.1 Å². The van der Waals surface area contributed by atoms with Crippen molar-refractivity contribution in [3.63, 3.8) is 0 Å². The maximum atomic E-state index is 4.89. The first kappa shape index (κ1) is 29.3. The van der Waals surface area contributed by atoms with E-state index in [2.05, 4.69) is 176 Å². The lowest BCUT2D eigenvalue weighted by atomic mass is 10.1. The van der Waals surface area contributed by atoms with Crippen LogP contribution in [0.3, 0.4) is 0 Å². The maximum Gasteiger partial charge on any atom is 0.137 e. The molecule has 5 heteroatoms. The number of para-hydroxylation sites is 4. The number of nitrogens with zero attached hydrogens (tertiary/aromatic N) is 4. The van der Waals surface area contributed by atoms with Crippen molar-refractivity contribution in [2.75, 3.05) is 16.5 Å². The van der Waals surface area contributed by atoms with Crippen LogP contribution in [0.4, 0.5) is 22.7 Å². The van der Waals surface area contributed by atoms with E-state index in [1.807, 2.05) is 6.20 Å². The fourth-order valence-electron chi connectivity index (χ4n) is 7.26. The second-order valence-electron chi connectivity index (χ2n) is 13.6. The monoisotopic (exact) mass is 628 g/mol. The van der Waals surface area contributed by atoms with Crippen LogP contribution < -0.4 is 20.2 Å². The summed E-state index contributed by atoms with van der Waals surface area (Å²) in [6.45, 7) is 12.4. The number of hydrogen-bond donors (Lipinski definition) is 0. The van der Waals surface area contributed by atoms with Crippen LogP contribution in [0.1, 0.15) is 30.9 Å². The van der Waals surface area contributed by atoms with Gasteiger partial charge in [-0.2, -0.15) is 0 Å². The Labute approximate surface area is 278 Å². The summed E-state index contributed by atoms with van der Waals surface area (Å²) in [4.78, 5) is 9.79. The van der Waals surface area contributed by atoms with Crippen LogP contribution in [-0.4, -0.2) is 24.3 Å². The van der Waals surface area contributed by atoms with E-state index in [0.717, 1.165) is 12.5 Å². The minimum Gasteiger partial charge on any atom is -0.321 e. The average Bonchev–Trinajstić information content (AvgIpc) is 3.65. The maximum absolute atomic E-state index is 4.89. The molecular weight excluding hydrogens is 589 g/mol. The summed E-state index contributed by atoms with van der Waals surface area (Å²) < 4.78 is 2.36. The van der Waals surface area contributed by atoms with Gasteiger partial charge in [0.25, 0.3) is 0 Å². The molecule has 0 atom stereocenters. The molecule has 2 aromatic heterocycles. The van der Waals surface area contributed by atoms with Crippen LogP contribution in [0.25, 0.3) is 27.6 Å². The van der Waals surface area contributed by atoms with Crippen molar-refractivity contribution in [1.29, 1.82) is 0 Å². The third-order valence-corrected chi connectivity index (χ3v) is 13.6. The van der Waals surface area contributed by atoms with E-state index in [1.165, 1.54) is 66.1 Å². The normalized spacial score (nSPS) is 13.2. The molecule has 0 unspecified atom stereocenters. The summed E-state index contributed by atoms with van der Waals surface area (Å²) in [5.41, 5.74) is 9.98. The largest absolute Gasteiger partial charge is 0.321 e. The molecule has 0 fully saturated rings. The van der Waals surface area contributed by atoms with E-state index in [4.69, 9.17) is 4.98 Å². The summed E-state index contributed by atoms with van der Waals surface area (Å²) in [6.07, 6.45) is 1.95. The molecule has 47 heavy (non-hydrogen) atoms. The Kier molecular flexibility index (Phi) is 7.03. The Morgan fingerprint density at radius 3 is 2.09 bits per heavy atom. The number of pyridine rings is 1. The van der Waals surface area contributed by atoms with Gasteiger partial charge in [-0.25, -0.2) is 4.98 Å². The zero-order valence-corrected chi connectivity index (χ0v) is 28.8. The van der Waals surface area contributed by atoms with Crippen molar-refractivity contribution in [2.45, 2.75) is 39.8 Å². The molecule has 8 rings (SSSR count). The van der Waals surface area contributed by atoms with Crippen LogP contribution >= 0.6 is 0 Å². The van der Waals surface area contributed by atoms with Crippen molar-refractivity contribution in [2.24, 2.45) is 0 Å². The van der Waals surface area contributed by atoms with Crippen molar-refractivity contribution >= 4 is 63.0 Å². The number of hydrogen-bond acceptors (Lipinski definition) is 3. The molecule has 1 aliphatic rings. The predicted octanol–water partition coefficient (Wildman–Crippen LogP) is 9.68. The molecule has 0 N–H and O–H groups in total. The first-order chi connectivity index (χ1) is 22.8. The molecule has 0 radical (unpaired) electrons. The zero-order chi connectivity index (χ0) is 32.3. The summed E-state index contributed by atoms with van der Waals surface area (Å²) in [6, 6.07) is 47.0. The van der Waals surface area contributed by atoms with Crippen molar-refractivity contribution in [3.8, 4) is 5.82 Å². The summed E-state index contributed by atoms with van der Waals surface area (Å²) in [5, 5.41) is 5.36. The Morgan fingerprint density at radius 1 is 0.617 bits per heavy atom. The number of benzene rings is 5. The second-order valence-corrected chi connectivity index (χ2v) is 18.0. The Morgan fingerprint density at radius 2 is 1.30 bits per heavy atom. The second kappa shape index (κ2) is 11.3. The summed E-state index contributed by atoms with van der Waals surface area (Å²) in [7, 11) is -2.11. The topological polar surface area (TPSA) is 24.3 Å². The number of aromatic nitrogens is 2. The highest BCUT2D eigenvalue weighted by atomic mass is 28.3. The standard InChI is InChI=1S/C42H40N4Si/c1-29(2)31-23-24-43-42(25-31)46-38-18-9-7-16-35(38)36-22-21-34(27-41(36)46)47(4,5)33-15-12-14-32(26-33)44-28-45(37-17-8-6-13-30(37)3)40-20-11-10-19-39(40)44/h6-27,29H,28H2,1-5H3. The van der Waals surface area contributed by atoms with E-state index in [9.17, 15) is 0 Å². The van der Waals surface area contributed by atoms with Gasteiger partial charge in [-0.05, 0) is 78.6 Å². The molecule has 7 aromatic rings. The Balaban J connectivity index is 1.22. The van der Waals surface area contributed by atoms with Gasteiger partial charge in [0.1, 0.15) is 20.6 Å². The molecular formula is C42H40N4Si. The van der Waals surface area contributed by atoms with Crippen LogP contribution in [0, 0.1) is 6.92 Å². The zero-order valence-electron chi connectivity index (χ0n) is 27.8. The minimum atomic E-state index is -2.11. The third kappa shape index (κ3) is 4.85. The van der Waals surface area contributed by atoms with Gasteiger partial charge >= 0.3 is 0 Å². The van der Waals surface area contributed by atoms with Gasteiger partial charge in [-0.1, -0.05) is 110 Å². The highest BCUT2D eigenvalue weighted by molar-refractivity contribution is 7.00. The first-order valence-corrected chi connectivity index (χ1v) is 19.6. The first-order valence-electron chi connectivity index (χ1n) is 16.6. The van der Waals surface area contributed by atoms with Gasteiger partial charge in [-0.15, -0.1) is 0 Å². The number of fused-ring (bicyclic) bond motifs is 4. The lowest BCUT2D eigenvalue weighted by Gasteiger charge is -2.27. The fraction of sp³-hybridized carbons (Fsp3) is 0.167. The molecule has 0 spiro atoms. The van der Waals surface area contributed by atoms with E-state index < -0.39 is 8.07 Å². The Hall–Kier alpha value is -5.13. The molecule has 4 nitrogen and oxygen atoms in total. The molecule has 0 amide bonds. The van der Waals surface area contributed by atoms with E-state index in [1.54, 1.807) is 0 Å². The van der Waals surface area contributed by atoms with Gasteiger partial charge in [0.05, 0.1) is 22.4 Å². The third-order valence-electron chi connectivity index (χ3n) is 10.1. The molecule has 0 bridgehead atoms. The molecule has 1 aliphatic heterocycles. The number of anilines is 4. The van der Waals surface area contributed by atoms with Crippen LogP contribution in [0.5, 0.6) is 0 Å². The minimum absolute atomic E-state index is 0.436. The van der Waals surface area contributed by atoms with Crippen molar-refractivity contribution in [3.05, 3.63) is 145 Å². The average molecular weight is 629 g/mol. The van der Waals surface area contributed by atoms with Crippen molar-refractivity contribution in [1.82, 2.24) is 9.55 Å². The van der Waals surface area contributed by atoms with Crippen LogP contribution in [0.15, 0.2) is 134 Å². The van der Waals surface area contributed by atoms with E-state index in [-0.39, 0.29) is 0 Å². The Bertz CT molecular complexity index is 2280. The summed E-state index contributed by atoms with van der Waals surface area (Å²) in [5.74, 6) is 1.41. The van der Waals surface area contributed by atoms with Gasteiger partial charge in [0.15, 0.2) is 0 Å². The van der Waals surface area contributed by atoms with Crippen LogP contribution in [-0.2, 0) is 0 Å². The number of aryl methyl sites for hydroxylation is 1. The highest BCUT2D eigenvalue weighted by Gasteiger charge is 2.31. The van der Waals surface area contributed by atoms with Gasteiger partial charge < -0.3 is 9.80 Å². The highest BCUT2D eigenvalue weighted by Crippen LogP contribution is 2.44. The molecule has 232 valence electrons. The SMILES string of the molecule is Cc1ccccc1N1CN(c2cccc([Si](C)(C)c3ccc4c5ccccc5n(-c5cc(C(C)C)ccn5)c4c3)c2)c2ccccc21. The fourth-order valence-corrected chi connectivity index (χ4v) is 9.61. The van der Waals surface area contributed by atoms with E-state index in [0.29, 0.717) is 5.92 Å². The quantitative estimate of drug-likeness (QED) is 0.171. The van der Waals surface area contributed by atoms with Gasteiger partial charge in [0.2, 0.25) is 0 Å². The lowest BCUT2D eigenvalue weighted by molar-refractivity contribution is 0.858. The molecule has 0 aliphatic carbocycles. The summed E-state index contributed by atoms with van der Waals surface area (Å²) >= 11 is 0. The van der Waals surface area contributed by atoms with Crippen molar-refractivity contribution < 1.29 is 0 Å². The molecule has 3 heterocycles. The molecule has 5 aromatic carbocycles. The molecule has 0 saturated heterocycles. The predicted molar refractivity (Wildman–Crippen MR) is 203 cm³/mol. The van der Waals surface area contributed by atoms with Gasteiger partial charge in [0, 0.05) is 28.3 Å².